The van der Waals surface area contributed by atoms with Gasteiger partial charge in [-0.25, -0.2) is 4.79 Å². The minimum absolute atomic E-state index is 0.154. The van der Waals surface area contributed by atoms with Crippen molar-refractivity contribution in [3.8, 4) is 0 Å². The van der Waals surface area contributed by atoms with Crippen LogP contribution in [0.15, 0.2) is 46.9 Å². The van der Waals surface area contributed by atoms with Crippen molar-refractivity contribution in [1.82, 2.24) is 10.6 Å². The molecule has 15 heteroatoms. The SMILES string of the molecule is N=C(N)Nc1cccc(C(=O)NCC(=O)NC(CC(=O)OC(=O)C(F)(F)F)c2cc(Br)cc(I)c2)c1. The molecule has 10 nitrogen and oxygen atoms in total. The maximum absolute atomic E-state index is 12.5. The summed E-state index contributed by atoms with van der Waals surface area (Å²) < 4.78 is 42.4. The number of ether oxygens (including phenoxy) is 1. The van der Waals surface area contributed by atoms with Crippen LogP contribution in [-0.2, 0) is 19.1 Å². The van der Waals surface area contributed by atoms with Crippen LogP contribution < -0.4 is 21.7 Å². The van der Waals surface area contributed by atoms with E-state index >= 15 is 0 Å². The number of carbonyl (C=O) groups excluding carboxylic acids is 4. The summed E-state index contributed by atoms with van der Waals surface area (Å²) in [6.45, 7) is -0.540. The predicted molar refractivity (Wildman–Crippen MR) is 134 cm³/mol. The second-order valence-corrected chi connectivity index (χ2v) is 9.25. The molecular weight excluding hydrogens is 666 g/mol. The summed E-state index contributed by atoms with van der Waals surface area (Å²) in [6, 6.07) is 9.59. The number of hydrogen-bond donors (Lipinski definition) is 5. The first kappa shape index (κ1) is 29.0. The second kappa shape index (κ2) is 12.7. The molecule has 6 N–H and O–H groups in total. The molecule has 0 spiro atoms. The van der Waals surface area contributed by atoms with E-state index in [-0.39, 0.29) is 11.5 Å². The first-order valence-electron chi connectivity index (χ1n) is 9.81. The van der Waals surface area contributed by atoms with E-state index in [0.717, 1.165) is 0 Å². The van der Waals surface area contributed by atoms with Gasteiger partial charge in [-0.15, -0.1) is 0 Å². The van der Waals surface area contributed by atoms with Crippen LogP contribution in [0, 0.1) is 8.98 Å². The van der Waals surface area contributed by atoms with Gasteiger partial charge in [-0.1, -0.05) is 22.0 Å². The summed E-state index contributed by atoms with van der Waals surface area (Å²) in [7, 11) is 0. The van der Waals surface area contributed by atoms with Crippen LogP contribution in [0.4, 0.5) is 18.9 Å². The van der Waals surface area contributed by atoms with Crippen LogP contribution in [0.3, 0.4) is 0 Å². The minimum atomic E-state index is -5.36. The van der Waals surface area contributed by atoms with Crippen molar-refractivity contribution in [3.05, 3.63) is 61.6 Å². The highest BCUT2D eigenvalue weighted by Gasteiger charge is 2.42. The molecule has 0 radical (unpaired) electrons. The van der Waals surface area contributed by atoms with Gasteiger partial charge in [-0.2, -0.15) is 13.2 Å². The summed E-state index contributed by atoms with van der Waals surface area (Å²) >= 11 is 5.22. The molecule has 1 atom stereocenters. The van der Waals surface area contributed by atoms with E-state index in [0.29, 0.717) is 19.3 Å². The van der Waals surface area contributed by atoms with E-state index in [1.807, 2.05) is 22.6 Å². The average Bonchev–Trinajstić information content (AvgIpc) is 2.75. The van der Waals surface area contributed by atoms with Gasteiger partial charge in [0.25, 0.3) is 5.91 Å². The molecule has 2 rings (SSSR count). The van der Waals surface area contributed by atoms with Crippen LogP contribution in [0.2, 0.25) is 0 Å². The zero-order valence-corrected chi connectivity index (χ0v) is 21.8. The lowest BCUT2D eigenvalue weighted by Gasteiger charge is -2.19. The maximum atomic E-state index is 12.5. The Morgan fingerprint density at radius 3 is 2.44 bits per heavy atom. The van der Waals surface area contributed by atoms with E-state index in [4.69, 9.17) is 11.1 Å². The average molecular weight is 684 g/mol. The van der Waals surface area contributed by atoms with Crippen LogP contribution in [-0.4, -0.2) is 42.4 Å². The second-order valence-electron chi connectivity index (χ2n) is 7.09. The Kier molecular flexibility index (Phi) is 10.2. The molecule has 2 aromatic rings. The molecule has 1 unspecified atom stereocenters. The lowest BCUT2D eigenvalue weighted by Crippen LogP contribution is -2.39. The van der Waals surface area contributed by atoms with Gasteiger partial charge < -0.3 is 26.4 Å². The third-order valence-electron chi connectivity index (χ3n) is 4.24. The van der Waals surface area contributed by atoms with Crippen molar-refractivity contribution in [1.29, 1.82) is 5.41 Å². The van der Waals surface area contributed by atoms with Crippen molar-refractivity contribution in [3.63, 3.8) is 0 Å². The van der Waals surface area contributed by atoms with Gasteiger partial charge in [0.1, 0.15) is 0 Å². The molecule has 0 aliphatic rings. The molecule has 2 amide bonds. The van der Waals surface area contributed by atoms with Crippen LogP contribution in [0.1, 0.15) is 28.4 Å². The molecule has 36 heavy (non-hydrogen) atoms. The first-order valence-corrected chi connectivity index (χ1v) is 11.7. The molecule has 0 aromatic heterocycles. The molecule has 0 fully saturated rings. The normalized spacial score (nSPS) is 11.7. The monoisotopic (exact) mass is 683 g/mol. The van der Waals surface area contributed by atoms with Gasteiger partial charge in [0.15, 0.2) is 5.96 Å². The van der Waals surface area contributed by atoms with Gasteiger partial charge >= 0.3 is 18.1 Å². The molecular formula is C21H18BrF3IN5O5. The van der Waals surface area contributed by atoms with E-state index in [2.05, 4.69) is 36.6 Å². The number of esters is 2. The van der Waals surface area contributed by atoms with Crippen LogP contribution in [0.25, 0.3) is 0 Å². The number of anilines is 1. The number of amides is 2. The van der Waals surface area contributed by atoms with E-state index in [1.54, 1.807) is 18.2 Å². The number of carbonyl (C=O) groups is 4. The van der Waals surface area contributed by atoms with E-state index in [1.165, 1.54) is 24.3 Å². The van der Waals surface area contributed by atoms with Gasteiger partial charge in [0, 0.05) is 19.3 Å². The molecule has 192 valence electrons. The molecule has 0 aliphatic heterocycles. The number of rotatable bonds is 8. The summed E-state index contributed by atoms with van der Waals surface area (Å²) in [5.74, 6) is -5.92. The smallest absolute Gasteiger partial charge is 0.386 e. The molecule has 0 saturated heterocycles. The largest absolute Gasteiger partial charge is 0.491 e. The topological polar surface area (TPSA) is 163 Å². The number of halogens is 5. The summed E-state index contributed by atoms with van der Waals surface area (Å²) in [5, 5.41) is 14.6. The van der Waals surface area contributed by atoms with Gasteiger partial charge in [0.05, 0.1) is 19.0 Å². The van der Waals surface area contributed by atoms with Gasteiger partial charge in [-0.3, -0.25) is 19.8 Å². The number of nitrogens with two attached hydrogens (primary N) is 1. The minimum Gasteiger partial charge on any atom is -0.386 e. The van der Waals surface area contributed by atoms with Gasteiger partial charge in [-0.05, 0) is 64.6 Å². The van der Waals surface area contributed by atoms with Crippen molar-refractivity contribution in [2.24, 2.45) is 5.73 Å². The third kappa shape index (κ3) is 9.44. The number of alkyl halides is 3. The zero-order chi connectivity index (χ0) is 27.0. The highest BCUT2D eigenvalue weighted by Crippen LogP contribution is 2.25. The number of guanidine groups is 1. The zero-order valence-electron chi connectivity index (χ0n) is 18.0. The van der Waals surface area contributed by atoms with E-state index in [9.17, 15) is 32.3 Å². The molecule has 2 aromatic carbocycles. The summed E-state index contributed by atoms with van der Waals surface area (Å²) in [6.07, 6.45) is -6.14. The summed E-state index contributed by atoms with van der Waals surface area (Å²) in [5.41, 5.74) is 6.12. The fourth-order valence-electron chi connectivity index (χ4n) is 2.80. The predicted octanol–water partition coefficient (Wildman–Crippen LogP) is 2.97. The molecule has 0 saturated carbocycles. The van der Waals surface area contributed by atoms with E-state index < -0.39 is 48.9 Å². The van der Waals surface area contributed by atoms with Crippen molar-refractivity contribution in [2.75, 3.05) is 11.9 Å². The Labute approximate surface area is 224 Å². The van der Waals surface area contributed by atoms with Crippen molar-refractivity contribution >= 4 is 73.9 Å². The number of hydrogen-bond acceptors (Lipinski definition) is 6. The van der Waals surface area contributed by atoms with Gasteiger partial charge in [0.2, 0.25) is 5.91 Å². The Morgan fingerprint density at radius 1 is 1.14 bits per heavy atom. The quantitative estimate of drug-likeness (QED) is 0.0939. The van der Waals surface area contributed by atoms with Crippen LogP contribution >= 0.6 is 38.5 Å². The first-order chi connectivity index (χ1) is 16.7. The summed E-state index contributed by atoms with van der Waals surface area (Å²) in [4.78, 5) is 47.9. The Bertz CT molecular complexity index is 1170. The lowest BCUT2D eigenvalue weighted by molar-refractivity contribution is -0.202. The third-order valence-corrected chi connectivity index (χ3v) is 5.33. The van der Waals surface area contributed by atoms with Crippen molar-refractivity contribution < 1.29 is 37.1 Å². The fourth-order valence-corrected chi connectivity index (χ4v) is 4.43. The number of benzene rings is 2. The molecule has 0 bridgehead atoms. The number of nitrogens with one attached hydrogen (secondary N) is 4. The lowest BCUT2D eigenvalue weighted by atomic mass is 10.0. The standard InChI is InChI=1S/C21H18BrF3IN5O5/c22-12-4-11(5-13(26)7-12)15(8-17(33)36-19(35)21(23,24)25)31-16(32)9-29-18(34)10-2-1-3-14(6-10)30-20(27)28/h1-7,15H,8-9H2,(H,29,34)(H,31,32)(H4,27,28,30). The van der Waals surface area contributed by atoms with Crippen molar-refractivity contribution in [2.45, 2.75) is 18.6 Å². The molecule has 0 aliphatic carbocycles. The Morgan fingerprint density at radius 2 is 1.83 bits per heavy atom. The Balaban J connectivity index is 2.10. The fraction of sp³-hybridized carbons (Fsp3) is 0.190. The highest BCUT2D eigenvalue weighted by molar-refractivity contribution is 14.1. The Hall–Kier alpha value is -3.21. The molecule has 0 heterocycles. The highest BCUT2D eigenvalue weighted by atomic mass is 127. The van der Waals surface area contributed by atoms with Crippen LogP contribution in [0.5, 0.6) is 0 Å². The maximum Gasteiger partial charge on any atom is 0.491 e.